The lowest BCUT2D eigenvalue weighted by molar-refractivity contribution is 0.0764. The van der Waals surface area contributed by atoms with Crippen LogP contribution >= 0.6 is 22.9 Å². The van der Waals surface area contributed by atoms with Crippen molar-refractivity contribution in [3.63, 3.8) is 0 Å². The molecule has 1 heterocycles. The first-order valence-electron chi connectivity index (χ1n) is 9.69. The zero-order chi connectivity index (χ0) is 21.7. The second-order valence-electron chi connectivity index (χ2n) is 7.15. The minimum atomic E-state index is -3.82. The minimum absolute atomic E-state index is 0.0273. The Bertz CT molecular complexity index is 1010. The standard InChI is InChI=1S/C21H25ClN2O4S2/c1-3-12-24(14-17-9-11-20(22)29-17)21(25)15-8-10-18(28-2)19(13-15)30(26,27)23-16-6-4-5-7-16/h3,8-11,13,16,23H,1,4-7,12,14H2,2H3. The number of methoxy groups -OCH3 is 1. The van der Waals surface area contributed by atoms with Crippen LogP contribution in [0.4, 0.5) is 0 Å². The van der Waals surface area contributed by atoms with Crippen molar-refractivity contribution in [1.82, 2.24) is 9.62 Å². The zero-order valence-electron chi connectivity index (χ0n) is 16.8. The Morgan fingerprint density at radius 3 is 2.67 bits per heavy atom. The number of ether oxygens (including phenoxy) is 1. The van der Waals surface area contributed by atoms with Crippen LogP contribution in [0.2, 0.25) is 4.34 Å². The van der Waals surface area contributed by atoms with Crippen molar-refractivity contribution in [3.05, 3.63) is 57.8 Å². The average molecular weight is 469 g/mol. The van der Waals surface area contributed by atoms with Gasteiger partial charge in [0.05, 0.1) is 18.0 Å². The summed E-state index contributed by atoms with van der Waals surface area (Å²) in [6, 6.07) is 8.05. The Morgan fingerprint density at radius 1 is 1.33 bits per heavy atom. The lowest BCUT2D eigenvalue weighted by Gasteiger charge is -2.21. The van der Waals surface area contributed by atoms with Crippen molar-refractivity contribution in [2.45, 2.75) is 43.2 Å². The summed E-state index contributed by atoms with van der Waals surface area (Å²) in [5.74, 6) is -0.0863. The maximum Gasteiger partial charge on any atom is 0.254 e. The van der Waals surface area contributed by atoms with Gasteiger partial charge in [-0.2, -0.15) is 0 Å². The number of thiophene rings is 1. The molecule has 0 saturated heterocycles. The molecular weight excluding hydrogens is 444 g/mol. The van der Waals surface area contributed by atoms with Crippen LogP contribution in [0, 0.1) is 0 Å². The lowest BCUT2D eigenvalue weighted by atomic mass is 10.2. The van der Waals surface area contributed by atoms with E-state index in [1.807, 2.05) is 6.07 Å². The molecular formula is C21H25ClN2O4S2. The number of amides is 1. The monoisotopic (exact) mass is 468 g/mol. The highest BCUT2D eigenvalue weighted by atomic mass is 35.5. The molecule has 3 rings (SSSR count). The van der Waals surface area contributed by atoms with Crippen LogP contribution in [0.1, 0.15) is 40.9 Å². The number of carbonyl (C=O) groups excluding carboxylic acids is 1. The van der Waals surface area contributed by atoms with Crippen molar-refractivity contribution in [2.75, 3.05) is 13.7 Å². The first kappa shape index (κ1) is 22.8. The molecule has 0 unspecified atom stereocenters. The highest BCUT2D eigenvalue weighted by molar-refractivity contribution is 7.89. The molecule has 0 atom stereocenters. The summed E-state index contributed by atoms with van der Waals surface area (Å²) in [5.41, 5.74) is 0.270. The number of carbonyl (C=O) groups is 1. The quantitative estimate of drug-likeness (QED) is 0.551. The van der Waals surface area contributed by atoms with Gasteiger partial charge in [-0.05, 0) is 43.2 Å². The van der Waals surface area contributed by atoms with Crippen LogP contribution in [-0.2, 0) is 16.6 Å². The summed E-state index contributed by atoms with van der Waals surface area (Å²) in [6.07, 6.45) is 5.28. The van der Waals surface area contributed by atoms with Crippen LogP contribution in [0.25, 0.3) is 0 Å². The molecule has 0 spiro atoms. The fourth-order valence-electron chi connectivity index (χ4n) is 3.53. The summed E-state index contributed by atoms with van der Waals surface area (Å²) in [6.45, 7) is 4.40. The van der Waals surface area contributed by atoms with E-state index in [2.05, 4.69) is 11.3 Å². The molecule has 6 nitrogen and oxygen atoms in total. The van der Waals surface area contributed by atoms with Gasteiger partial charge >= 0.3 is 0 Å². The maximum atomic E-state index is 13.2. The lowest BCUT2D eigenvalue weighted by Crippen LogP contribution is -2.33. The third-order valence-corrected chi connectivity index (χ3v) is 7.75. The summed E-state index contributed by atoms with van der Waals surface area (Å²) >= 11 is 7.40. The van der Waals surface area contributed by atoms with E-state index in [1.54, 1.807) is 23.1 Å². The molecule has 162 valence electrons. The molecule has 1 saturated carbocycles. The minimum Gasteiger partial charge on any atom is -0.495 e. The van der Waals surface area contributed by atoms with Gasteiger partial charge in [0.15, 0.2) is 0 Å². The van der Waals surface area contributed by atoms with Crippen molar-refractivity contribution in [1.29, 1.82) is 0 Å². The topological polar surface area (TPSA) is 75.7 Å². The van der Waals surface area contributed by atoms with E-state index in [0.717, 1.165) is 30.6 Å². The molecule has 0 bridgehead atoms. The van der Waals surface area contributed by atoms with Gasteiger partial charge in [-0.1, -0.05) is 30.5 Å². The normalized spacial score (nSPS) is 14.6. The van der Waals surface area contributed by atoms with Crippen LogP contribution in [0.3, 0.4) is 0 Å². The van der Waals surface area contributed by atoms with Crippen molar-refractivity contribution < 1.29 is 17.9 Å². The van der Waals surface area contributed by atoms with E-state index < -0.39 is 10.0 Å². The van der Waals surface area contributed by atoms with Gasteiger partial charge in [0.25, 0.3) is 5.91 Å². The van der Waals surface area contributed by atoms with Gasteiger partial charge in [0.2, 0.25) is 10.0 Å². The Morgan fingerprint density at radius 2 is 2.07 bits per heavy atom. The second-order valence-corrected chi connectivity index (χ2v) is 10.6. The fourth-order valence-corrected chi connectivity index (χ4v) is 6.13. The number of nitrogens with one attached hydrogen (secondary N) is 1. The molecule has 1 aromatic carbocycles. The highest BCUT2D eigenvalue weighted by Gasteiger charge is 2.27. The van der Waals surface area contributed by atoms with E-state index in [0.29, 0.717) is 17.4 Å². The Balaban J connectivity index is 1.89. The van der Waals surface area contributed by atoms with E-state index >= 15 is 0 Å². The molecule has 1 aliphatic carbocycles. The fraction of sp³-hybridized carbons (Fsp3) is 0.381. The predicted molar refractivity (Wildman–Crippen MR) is 120 cm³/mol. The molecule has 9 heteroatoms. The predicted octanol–water partition coefficient (Wildman–Crippen LogP) is 4.46. The molecule has 0 aliphatic heterocycles. The Labute approximate surface area is 186 Å². The number of rotatable bonds is 9. The van der Waals surface area contributed by atoms with Gasteiger partial charge in [-0.3, -0.25) is 4.79 Å². The van der Waals surface area contributed by atoms with Gasteiger partial charge in [-0.15, -0.1) is 17.9 Å². The first-order valence-corrected chi connectivity index (χ1v) is 12.4. The number of benzene rings is 1. The summed E-state index contributed by atoms with van der Waals surface area (Å²) < 4.78 is 34.6. The largest absolute Gasteiger partial charge is 0.495 e. The van der Waals surface area contributed by atoms with Crippen LogP contribution in [-0.4, -0.2) is 38.9 Å². The number of nitrogens with zero attached hydrogens (tertiary/aromatic N) is 1. The van der Waals surface area contributed by atoms with E-state index in [9.17, 15) is 13.2 Å². The van der Waals surface area contributed by atoms with Crippen molar-refractivity contribution in [2.24, 2.45) is 0 Å². The van der Waals surface area contributed by atoms with E-state index in [4.69, 9.17) is 16.3 Å². The van der Waals surface area contributed by atoms with Crippen molar-refractivity contribution in [3.8, 4) is 5.75 Å². The first-order chi connectivity index (χ1) is 14.3. The van der Waals surface area contributed by atoms with Crippen LogP contribution in [0.5, 0.6) is 5.75 Å². The van der Waals surface area contributed by atoms with Gasteiger partial charge in [0.1, 0.15) is 10.6 Å². The maximum absolute atomic E-state index is 13.2. The summed E-state index contributed by atoms with van der Waals surface area (Å²) in [5, 5.41) is 0. The number of halogens is 1. The Kier molecular flexibility index (Phi) is 7.57. The van der Waals surface area contributed by atoms with Gasteiger partial charge in [-0.25, -0.2) is 13.1 Å². The van der Waals surface area contributed by atoms with Gasteiger partial charge < -0.3 is 9.64 Å². The third kappa shape index (κ3) is 5.43. The van der Waals surface area contributed by atoms with Crippen LogP contribution in [0.15, 0.2) is 47.9 Å². The molecule has 30 heavy (non-hydrogen) atoms. The third-order valence-electron chi connectivity index (χ3n) is 4.99. The zero-order valence-corrected chi connectivity index (χ0v) is 19.2. The number of hydrogen-bond acceptors (Lipinski definition) is 5. The van der Waals surface area contributed by atoms with Gasteiger partial charge in [0, 0.05) is 23.0 Å². The molecule has 1 fully saturated rings. The van der Waals surface area contributed by atoms with E-state index in [-0.39, 0.29) is 28.2 Å². The van der Waals surface area contributed by atoms with Crippen molar-refractivity contribution >= 4 is 38.9 Å². The summed E-state index contributed by atoms with van der Waals surface area (Å²) in [4.78, 5) is 15.7. The number of sulfonamides is 1. The number of hydrogen-bond donors (Lipinski definition) is 1. The average Bonchev–Trinajstić information content (AvgIpc) is 3.37. The Hall–Kier alpha value is -1.87. The molecule has 1 aromatic heterocycles. The molecule has 2 aromatic rings. The second kappa shape index (κ2) is 9.96. The molecule has 1 N–H and O–H groups in total. The van der Waals surface area contributed by atoms with E-state index in [1.165, 1.54) is 30.6 Å². The molecule has 1 aliphatic rings. The van der Waals surface area contributed by atoms with Crippen LogP contribution < -0.4 is 9.46 Å². The smallest absolute Gasteiger partial charge is 0.254 e. The summed E-state index contributed by atoms with van der Waals surface area (Å²) in [7, 11) is -2.40. The molecule has 0 radical (unpaired) electrons. The molecule has 1 amide bonds. The highest BCUT2D eigenvalue weighted by Crippen LogP contribution is 2.28. The SMILES string of the molecule is C=CCN(Cc1ccc(Cl)s1)C(=O)c1ccc(OC)c(S(=O)(=O)NC2CCCC2)c1.